The number of anilines is 1. The van der Waals surface area contributed by atoms with Crippen LogP contribution in [-0.2, 0) is 6.42 Å². The fraction of sp³-hybridized carbons (Fsp3) is 0.333. The number of thioether (sulfide) groups is 1. The van der Waals surface area contributed by atoms with Crippen molar-refractivity contribution < 1.29 is 22.7 Å². The molecule has 1 saturated heterocycles. The van der Waals surface area contributed by atoms with Crippen molar-refractivity contribution in [2.75, 3.05) is 31.3 Å². The number of methoxy groups -OCH3 is 1. The van der Waals surface area contributed by atoms with Gasteiger partial charge in [0.15, 0.2) is 0 Å². The highest BCUT2D eigenvalue weighted by molar-refractivity contribution is 8.00. The Hall–Kier alpha value is -3.21. The summed E-state index contributed by atoms with van der Waals surface area (Å²) in [7, 11) is 1.59. The summed E-state index contributed by atoms with van der Waals surface area (Å²) in [5.41, 5.74) is 2.01. The number of nitrogens with zero attached hydrogens (tertiary/aromatic N) is 4. The molecule has 2 aromatic heterocycles. The van der Waals surface area contributed by atoms with Crippen LogP contribution < -0.4 is 10.1 Å². The smallest absolute Gasteiger partial charge is 0.321 e. The Morgan fingerprint density at radius 1 is 1.28 bits per heavy atom. The van der Waals surface area contributed by atoms with Crippen LogP contribution in [0, 0.1) is 0 Å². The number of pyridine rings is 1. The van der Waals surface area contributed by atoms with E-state index in [1.165, 1.54) is 6.20 Å². The number of aromatic nitrogens is 3. The van der Waals surface area contributed by atoms with Gasteiger partial charge < -0.3 is 19.4 Å². The average Bonchev–Trinajstić information content (AvgIpc) is 3.31. The van der Waals surface area contributed by atoms with Gasteiger partial charge in [0.25, 0.3) is 5.89 Å². The van der Waals surface area contributed by atoms with Gasteiger partial charge in [0.2, 0.25) is 5.89 Å². The first-order valence-corrected chi connectivity index (χ1v) is 10.9. The standard InChI is InChI=1S/C21H21F2N5O3S/c1-30-16-6-4-14(5-7-16)25-21(29)28-8-9-32-17(12-28)10-15-3-2-13(11-24-15)19-26-27-20(31-19)18(22)23/h2-7,11,17-18H,8-10,12H2,1H3,(H,25,29). The average molecular weight is 461 g/mol. The number of alkyl halides is 2. The van der Waals surface area contributed by atoms with Crippen LogP contribution in [0.4, 0.5) is 19.3 Å². The van der Waals surface area contributed by atoms with Gasteiger partial charge in [0.1, 0.15) is 5.75 Å². The third-order valence-electron chi connectivity index (χ3n) is 4.90. The molecule has 11 heteroatoms. The number of urea groups is 1. The van der Waals surface area contributed by atoms with Gasteiger partial charge in [-0.1, -0.05) is 0 Å². The molecule has 0 saturated carbocycles. The quantitative estimate of drug-likeness (QED) is 0.586. The molecule has 2 amide bonds. The zero-order valence-electron chi connectivity index (χ0n) is 17.2. The third-order valence-corrected chi connectivity index (χ3v) is 6.11. The summed E-state index contributed by atoms with van der Waals surface area (Å²) in [6, 6.07) is 10.6. The van der Waals surface area contributed by atoms with Gasteiger partial charge in [-0.2, -0.15) is 20.5 Å². The van der Waals surface area contributed by atoms with E-state index in [9.17, 15) is 13.6 Å². The van der Waals surface area contributed by atoms with E-state index in [1.54, 1.807) is 60.2 Å². The Morgan fingerprint density at radius 3 is 2.75 bits per heavy atom. The molecule has 0 aliphatic carbocycles. The normalized spacial score (nSPS) is 16.2. The second-order valence-corrected chi connectivity index (χ2v) is 8.49. The summed E-state index contributed by atoms with van der Waals surface area (Å²) in [6.45, 7) is 1.26. The third kappa shape index (κ3) is 5.34. The molecule has 1 aliphatic rings. The fourth-order valence-electron chi connectivity index (χ4n) is 3.25. The maximum absolute atomic E-state index is 12.7. The van der Waals surface area contributed by atoms with E-state index < -0.39 is 12.3 Å². The van der Waals surface area contributed by atoms with Crippen molar-refractivity contribution in [3.8, 4) is 17.2 Å². The zero-order valence-corrected chi connectivity index (χ0v) is 18.0. The van der Waals surface area contributed by atoms with E-state index in [-0.39, 0.29) is 17.2 Å². The number of amides is 2. The van der Waals surface area contributed by atoms with E-state index >= 15 is 0 Å². The summed E-state index contributed by atoms with van der Waals surface area (Å²) in [6.07, 6.45) is -0.611. The van der Waals surface area contributed by atoms with Gasteiger partial charge in [-0.3, -0.25) is 4.98 Å². The predicted octanol–water partition coefficient (Wildman–Crippen LogP) is 4.27. The molecule has 8 nitrogen and oxygen atoms in total. The van der Waals surface area contributed by atoms with Crippen LogP contribution >= 0.6 is 11.8 Å². The first kappa shape index (κ1) is 22.0. The lowest BCUT2D eigenvalue weighted by molar-refractivity contribution is 0.116. The molecular formula is C21H21F2N5O3S. The first-order valence-electron chi connectivity index (χ1n) is 9.90. The van der Waals surface area contributed by atoms with Gasteiger partial charge in [-0.05, 0) is 36.4 Å². The molecular weight excluding hydrogens is 440 g/mol. The van der Waals surface area contributed by atoms with E-state index in [0.717, 1.165) is 17.2 Å². The van der Waals surface area contributed by atoms with Gasteiger partial charge in [-0.15, -0.1) is 10.2 Å². The van der Waals surface area contributed by atoms with Crippen LogP contribution in [0.5, 0.6) is 5.75 Å². The van der Waals surface area contributed by atoms with Gasteiger partial charge in [0, 0.05) is 48.1 Å². The number of carbonyl (C=O) groups excluding carboxylic acids is 1. The van der Waals surface area contributed by atoms with Crippen LogP contribution in [0.25, 0.3) is 11.5 Å². The van der Waals surface area contributed by atoms with Crippen LogP contribution in [0.2, 0.25) is 0 Å². The molecule has 1 aromatic carbocycles. The molecule has 3 heterocycles. The van der Waals surface area contributed by atoms with E-state index in [2.05, 4.69) is 20.5 Å². The van der Waals surface area contributed by atoms with Gasteiger partial charge >= 0.3 is 12.5 Å². The largest absolute Gasteiger partial charge is 0.497 e. The molecule has 32 heavy (non-hydrogen) atoms. The van der Waals surface area contributed by atoms with Crippen LogP contribution in [0.15, 0.2) is 47.0 Å². The minimum atomic E-state index is -2.81. The summed E-state index contributed by atoms with van der Waals surface area (Å²) >= 11 is 1.80. The van der Waals surface area contributed by atoms with Crippen molar-refractivity contribution in [2.45, 2.75) is 18.1 Å². The molecule has 0 bridgehead atoms. The topological polar surface area (TPSA) is 93.4 Å². The Bertz CT molecular complexity index is 1050. The highest BCUT2D eigenvalue weighted by atomic mass is 32.2. The monoisotopic (exact) mass is 461 g/mol. The maximum Gasteiger partial charge on any atom is 0.321 e. The SMILES string of the molecule is COc1ccc(NC(=O)N2CCSC(Cc3ccc(-c4nnc(C(F)F)o4)cn3)C2)cc1. The molecule has 0 spiro atoms. The highest BCUT2D eigenvalue weighted by Gasteiger charge is 2.25. The Labute approximate surface area is 187 Å². The predicted molar refractivity (Wildman–Crippen MR) is 116 cm³/mol. The van der Waals surface area contributed by atoms with Crippen molar-refractivity contribution in [2.24, 2.45) is 0 Å². The Morgan fingerprint density at radius 2 is 2.09 bits per heavy atom. The van der Waals surface area contributed by atoms with E-state index in [0.29, 0.717) is 30.8 Å². The minimum absolute atomic E-state index is 0.00719. The van der Waals surface area contributed by atoms with E-state index in [4.69, 9.17) is 9.15 Å². The molecule has 1 atom stereocenters. The summed E-state index contributed by atoms with van der Waals surface area (Å²) in [5.74, 6) is 0.852. The highest BCUT2D eigenvalue weighted by Crippen LogP contribution is 2.25. The molecule has 1 N–H and O–H groups in total. The van der Waals surface area contributed by atoms with Crippen molar-refractivity contribution in [3.05, 3.63) is 54.2 Å². The van der Waals surface area contributed by atoms with Gasteiger partial charge in [0.05, 0.1) is 12.7 Å². The molecule has 1 fully saturated rings. The molecule has 1 aliphatic heterocycles. The lowest BCUT2D eigenvalue weighted by Crippen LogP contribution is -2.44. The summed E-state index contributed by atoms with van der Waals surface area (Å²) in [5, 5.41) is 10.1. The summed E-state index contributed by atoms with van der Waals surface area (Å²) in [4.78, 5) is 18.8. The van der Waals surface area contributed by atoms with Crippen molar-refractivity contribution >= 4 is 23.5 Å². The number of halogens is 2. The van der Waals surface area contributed by atoms with Gasteiger partial charge in [-0.25, -0.2) is 4.79 Å². The van der Waals surface area contributed by atoms with Crippen molar-refractivity contribution in [1.29, 1.82) is 0 Å². The van der Waals surface area contributed by atoms with Crippen molar-refractivity contribution in [3.63, 3.8) is 0 Å². The molecule has 4 rings (SSSR count). The number of rotatable bonds is 6. The van der Waals surface area contributed by atoms with Crippen LogP contribution in [-0.4, -0.2) is 57.3 Å². The number of nitrogens with one attached hydrogen (secondary N) is 1. The Balaban J connectivity index is 1.33. The van der Waals surface area contributed by atoms with Crippen LogP contribution in [0.1, 0.15) is 18.0 Å². The fourth-order valence-corrected chi connectivity index (χ4v) is 4.48. The number of carbonyl (C=O) groups is 1. The molecule has 0 radical (unpaired) electrons. The number of hydrogen-bond acceptors (Lipinski definition) is 7. The first-order chi connectivity index (χ1) is 15.5. The molecule has 1 unspecified atom stereocenters. The number of hydrogen-bond donors (Lipinski definition) is 1. The second-order valence-electron chi connectivity index (χ2n) is 7.09. The summed E-state index contributed by atoms with van der Waals surface area (Å²) < 4.78 is 35.3. The maximum atomic E-state index is 12.7. The number of benzene rings is 1. The second kappa shape index (κ2) is 9.94. The lowest BCUT2D eigenvalue weighted by Gasteiger charge is -2.32. The Kier molecular flexibility index (Phi) is 6.84. The zero-order chi connectivity index (χ0) is 22.5. The van der Waals surface area contributed by atoms with E-state index in [1.807, 2.05) is 0 Å². The lowest BCUT2D eigenvalue weighted by atomic mass is 10.1. The molecule has 168 valence electrons. The minimum Gasteiger partial charge on any atom is -0.497 e. The van der Waals surface area contributed by atoms with Crippen molar-refractivity contribution in [1.82, 2.24) is 20.1 Å². The van der Waals surface area contributed by atoms with Crippen LogP contribution in [0.3, 0.4) is 0 Å². The number of ether oxygens (including phenoxy) is 1. The molecule has 3 aromatic rings.